The first kappa shape index (κ1) is 8.55. The largest absolute Gasteiger partial charge is 0.135 e. The van der Waals surface area contributed by atoms with Gasteiger partial charge in [-0.15, -0.1) is 11.3 Å². The van der Waals surface area contributed by atoms with Crippen LogP contribution in [0.5, 0.6) is 0 Å². The Kier molecular flexibility index (Phi) is 1.85. The minimum absolute atomic E-state index is 0.0656. The molecule has 7 aromatic carbocycles. The van der Waals surface area contributed by atoms with Crippen LogP contribution in [0.3, 0.4) is 0 Å². The monoisotopic (exact) mass is 508 g/mol. The molecule has 1 heterocycles. The van der Waals surface area contributed by atoms with Crippen LogP contribution in [-0.4, -0.2) is 0 Å². The first-order chi connectivity index (χ1) is 27.5. The fraction of sp³-hybridized carbons (Fsp3) is 0. The SMILES string of the molecule is [2H]c1c([2H])c(-c2c([2H])c([2H])c3c4c([2H])c([2H])c([2H])c([2H])c4c4c([2H])c([2H])c([2H])c([2H])c4c3c2[2H])c([2H])c(-c2c([2H])c([2H])c([2H])c3c2sc2c([2H])c([2H])c([2H])c([2H])c23)c1[2H]. The van der Waals surface area contributed by atoms with E-state index in [2.05, 4.69) is 0 Å². The molecule has 0 amide bonds. The van der Waals surface area contributed by atoms with Gasteiger partial charge in [0, 0.05) is 20.2 Å². The highest BCUT2D eigenvalue weighted by Crippen LogP contribution is 2.41. The molecule has 0 spiro atoms. The number of rotatable bonds is 2. The molecule has 37 heavy (non-hydrogen) atoms. The van der Waals surface area contributed by atoms with E-state index in [0.717, 1.165) is 0 Å². The summed E-state index contributed by atoms with van der Waals surface area (Å²) in [5.41, 5.74) is -2.44. The van der Waals surface area contributed by atoms with Crippen LogP contribution in [0.25, 0.3) is 74.7 Å². The van der Waals surface area contributed by atoms with Crippen molar-refractivity contribution in [1.82, 2.24) is 0 Å². The Balaban J connectivity index is 1.63. The van der Waals surface area contributed by atoms with Crippen molar-refractivity contribution in [3.63, 3.8) is 0 Å². The first-order valence-electron chi connectivity index (χ1n) is 21.9. The van der Waals surface area contributed by atoms with Crippen LogP contribution in [0.4, 0.5) is 0 Å². The Morgan fingerprint density at radius 1 is 0.378 bits per heavy atom. The van der Waals surface area contributed by atoms with Gasteiger partial charge in [0.15, 0.2) is 0 Å². The van der Waals surface area contributed by atoms with E-state index in [0.29, 0.717) is 11.3 Å². The van der Waals surface area contributed by atoms with Gasteiger partial charge < -0.3 is 0 Å². The van der Waals surface area contributed by atoms with Crippen molar-refractivity contribution in [3.05, 3.63) is 133 Å². The van der Waals surface area contributed by atoms with Crippen LogP contribution in [0.2, 0.25) is 0 Å². The van der Waals surface area contributed by atoms with Gasteiger partial charge in [0.2, 0.25) is 0 Å². The lowest BCUT2D eigenvalue weighted by Gasteiger charge is -2.12. The molecule has 0 saturated carbocycles. The molecule has 1 aromatic heterocycles. The van der Waals surface area contributed by atoms with Gasteiger partial charge in [-0.25, -0.2) is 0 Å². The second kappa shape index (κ2) is 8.03. The predicted octanol–water partition coefficient (Wildman–Crippen LogP) is 10.8. The van der Waals surface area contributed by atoms with E-state index >= 15 is 0 Å². The van der Waals surface area contributed by atoms with E-state index in [-0.39, 0.29) is 20.2 Å². The molecule has 0 fully saturated rings. The predicted molar refractivity (Wildman–Crippen MR) is 163 cm³/mol. The molecule has 8 aromatic rings. The first-order valence-corrected chi connectivity index (χ1v) is 11.7. The van der Waals surface area contributed by atoms with Gasteiger partial charge in [-0.1, -0.05) is 115 Å². The molecule has 0 radical (unpaired) electrons. The Morgan fingerprint density at radius 3 is 1.68 bits per heavy atom. The van der Waals surface area contributed by atoms with Crippen LogP contribution in [-0.2, 0) is 0 Å². The average Bonchev–Trinajstić information content (AvgIpc) is 3.61. The summed E-state index contributed by atoms with van der Waals surface area (Å²) in [5, 5.41) is -3.04. The zero-order chi connectivity index (χ0) is 43.5. The van der Waals surface area contributed by atoms with Gasteiger partial charge in [-0.05, 0) is 72.7 Å². The van der Waals surface area contributed by atoms with Crippen molar-refractivity contribution >= 4 is 63.8 Å². The molecule has 1 heteroatoms. The van der Waals surface area contributed by atoms with Gasteiger partial charge in [-0.2, -0.15) is 0 Å². The molecule has 0 N–H and O–H groups in total. The van der Waals surface area contributed by atoms with E-state index in [1.165, 1.54) is 0 Å². The fourth-order valence-electron chi connectivity index (χ4n) is 4.38. The number of hydrogen-bond donors (Lipinski definition) is 0. The summed E-state index contributed by atoms with van der Waals surface area (Å²) >= 11 is 0.690. The summed E-state index contributed by atoms with van der Waals surface area (Å²) in [6.07, 6.45) is 0. The maximum atomic E-state index is 9.58. The molecular formula is C36H22S. The summed E-state index contributed by atoms with van der Waals surface area (Å²) in [6.45, 7) is 0. The maximum absolute atomic E-state index is 9.58. The standard InChI is InChI=1S/C36H22S/c1-2-13-29-27(11-1)28-12-3-4-14-30(28)34-22-24(19-20-31(29)34)23-9-7-10-25(21-23)26-16-8-17-33-32-15-5-6-18-35(32)37-36(26)33/h1-22H/i1D,2D,3D,4D,5D,6D,7D,8D,9D,10D,11D,12D,13D,14D,15D,16D,17D,18D,19D,20D,21D,22D. The van der Waals surface area contributed by atoms with E-state index < -0.39 is 188 Å². The molecule has 0 aliphatic heterocycles. The molecule has 0 atom stereocenters. The highest BCUT2D eigenvalue weighted by molar-refractivity contribution is 7.26. The van der Waals surface area contributed by atoms with Crippen LogP contribution >= 0.6 is 11.3 Å². The smallest absolute Gasteiger partial charge is 0.0638 e. The quantitative estimate of drug-likeness (QED) is 0.204. The summed E-state index contributed by atoms with van der Waals surface area (Å²) in [7, 11) is 0. The van der Waals surface area contributed by atoms with Crippen LogP contribution in [0.15, 0.2) is 133 Å². The molecule has 0 saturated heterocycles. The van der Waals surface area contributed by atoms with Gasteiger partial charge in [0.1, 0.15) is 0 Å². The third-order valence-corrected chi connectivity index (χ3v) is 7.12. The zero-order valence-corrected chi connectivity index (χ0v) is 19.2. The van der Waals surface area contributed by atoms with Crippen molar-refractivity contribution in [1.29, 1.82) is 0 Å². The second-order valence-electron chi connectivity index (χ2n) is 8.01. The Bertz CT molecular complexity index is 3310. The molecule has 0 aliphatic rings. The summed E-state index contributed by atoms with van der Waals surface area (Å²) in [6, 6.07) is -16.5. The topological polar surface area (TPSA) is 0 Å². The van der Waals surface area contributed by atoms with Crippen molar-refractivity contribution < 1.29 is 30.2 Å². The summed E-state index contributed by atoms with van der Waals surface area (Å²) in [4.78, 5) is 0. The van der Waals surface area contributed by atoms with Crippen LogP contribution in [0.1, 0.15) is 30.2 Å². The second-order valence-corrected chi connectivity index (χ2v) is 9.03. The molecule has 0 unspecified atom stereocenters. The van der Waals surface area contributed by atoms with Gasteiger partial charge in [0.25, 0.3) is 0 Å². The van der Waals surface area contributed by atoms with Crippen molar-refractivity contribution in [2.24, 2.45) is 0 Å². The average molecular weight is 509 g/mol. The lowest BCUT2D eigenvalue weighted by molar-refractivity contribution is 1.63. The van der Waals surface area contributed by atoms with E-state index in [9.17, 15) is 5.48 Å². The minimum atomic E-state index is -0.907. The van der Waals surface area contributed by atoms with Gasteiger partial charge in [0.05, 0.1) is 30.2 Å². The highest BCUT2D eigenvalue weighted by atomic mass is 32.1. The van der Waals surface area contributed by atoms with Gasteiger partial charge in [-0.3, -0.25) is 0 Å². The Hall–Kier alpha value is -4.46. The normalized spacial score (nSPS) is 20.1. The number of thiophene rings is 1. The number of benzene rings is 7. The Morgan fingerprint density at radius 2 is 0.919 bits per heavy atom. The van der Waals surface area contributed by atoms with E-state index in [4.69, 9.17) is 24.7 Å². The maximum Gasteiger partial charge on any atom is 0.0638 e. The molecule has 172 valence electrons. The molecule has 8 rings (SSSR count). The lowest BCUT2D eigenvalue weighted by Crippen LogP contribution is -1.86. The lowest BCUT2D eigenvalue weighted by atomic mass is 9.91. The summed E-state index contributed by atoms with van der Waals surface area (Å²) in [5.74, 6) is 0. The van der Waals surface area contributed by atoms with Crippen molar-refractivity contribution in [2.75, 3.05) is 0 Å². The van der Waals surface area contributed by atoms with Crippen LogP contribution in [0, 0.1) is 0 Å². The molecular weight excluding hydrogens is 464 g/mol. The van der Waals surface area contributed by atoms with Crippen molar-refractivity contribution in [3.8, 4) is 22.3 Å². The zero-order valence-electron chi connectivity index (χ0n) is 40.4. The number of hydrogen-bond acceptors (Lipinski definition) is 1. The molecule has 0 nitrogen and oxygen atoms in total. The van der Waals surface area contributed by atoms with E-state index in [1.807, 2.05) is 0 Å². The third-order valence-electron chi connectivity index (χ3n) is 6.00. The molecule has 0 bridgehead atoms. The summed E-state index contributed by atoms with van der Waals surface area (Å²) < 4.78 is 193. The fourth-order valence-corrected chi connectivity index (χ4v) is 5.45. The van der Waals surface area contributed by atoms with Gasteiger partial charge >= 0.3 is 0 Å². The highest BCUT2D eigenvalue weighted by Gasteiger charge is 2.12. The third kappa shape index (κ3) is 3.15. The van der Waals surface area contributed by atoms with Crippen LogP contribution < -0.4 is 0 Å². The Labute approximate surface area is 250 Å². The minimum Gasteiger partial charge on any atom is -0.135 e. The van der Waals surface area contributed by atoms with Crippen molar-refractivity contribution in [2.45, 2.75) is 0 Å². The molecule has 0 aliphatic carbocycles. The van der Waals surface area contributed by atoms with E-state index in [1.54, 1.807) is 0 Å². The number of fused-ring (bicyclic) bond motifs is 9.